The van der Waals surface area contributed by atoms with E-state index in [9.17, 15) is 29.4 Å². The van der Waals surface area contributed by atoms with Crippen molar-refractivity contribution in [3.63, 3.8) is 0 Å². The second kappa shape index (κ2) is 8.64. The van der Waals surface area contributed by atoms with Crippen LogP contribution in [0.3, 0.4) is 0 Å². The molecule has 11 heteroatoms. The van der Waals surface area contributed by atoms with Gasteiger partial charge in [-0.3, -0.25) is 14.4 Å². The Balaban J connectivity index is 2.00. The number of esters is 4. The summed E-state index contributed by atoms with van der Waals surface area (Å²) in [7, 11) is 0. The highest BCUT2D eigenvalue weighted by Gasteiger charge is 2.87. The third kappa shape index (κ3) is 3.98. The van der Waals surface area contributed by atoms with Crippen LogP contribution in [0.25, 0.3) is 0 Å². The summed E-state index contributed by atoms with van der Waals surface area (Å²) >= 11 is 0. The molecular formula is C26H34O11. The van der Waals surface area contributed by atoms with E-state index >= 15 is 0 Å². The molecule has 0 radical (unpaired) electrons. The van der Waals surface area contributed by atoms with E-state index in [1.165, 1.54) is 40.7 Å². The van der Waals surface area contributed by atoms with Gasteiger partial charge >= 0.3 is 23.9 Å². The van der Waals surface area contributed by atoms with E-state index in [0.717, 1.165) is 0 Å². The molecule has 0 aromatic carbocycles. The molecule has 2 aliphatic carbocycles. The van der Waals surface area contributed by atoms with Crippen LogP contribution in [0.1, 0.15) is 54.9 Å². The first-order valence-corrected chi connectivity index (χ1v) is 12.2. The van der Waals surface area contributed by atoms with Crippen molar-refractivity contribution in [1.82, 2.24) is 0 Å². The first-order chi connectivity index (χ1) is 17.0. The van der Waals surface area contributed by atoms with Gasteiger partial charge in [0.05, 0.1) is 0 Å². The van der Waals surface area contributed by atoms with Gasteiger partial charge in [0.15, 0.2) is 17.3 Å². The fourth-order valence-corrected chi connectivity index (χ4v) is 6.52. The van der Waals surface area contributed by atoms with Gasteiger partial charge in [-0.1, -0.05) is 18.6 Å². The van der Waals surface area contributed by atoms with Crippen molar-refractivity contribution in [2.24, 2.45) is 11.3 Å². The Morgan fingerprint density at radius 2 is 1.62 bits per heavy atom. The lowest BCUT2D eigenvalue weighted by molar-refractivity contribution is -0.222. The number of aliphatic hydroxyl groups excluding tert-OH is 1. The summed E-state index contributed by atoms with van der Waals surface area (Å²) in [4.78, 5) is 49.3. The zero-order valence-corrected chi connectivity index (χ0v) is 22.0. The van der Waals surface area contributed by atoms with Gasteiger partial charge in [0.2, 0.25) is 0 Å². The molecule has 2 aliphatic heterocycles. The summed E-state index contributed by atoms with van der Waals surface area (Å²) in [6, 6.07) is 0. The maximum atomic E-state index is 12.9. The van der Waals surface area contributed by atoms with Crippen molar-refractivity contribution in [3.8, 4) is 0 Å². The summed E-state index contributed by atoms with van der Waals surface area (Å²) in [5, 5.41) is 23.8. The molecular weight excluding hydrogens is 488 g/mol. The van der Waals surface area contributed by atoms with Crippen molar-refractivity contribution >= 4 is 23.9 Å². The largest absolute Gasteiger partial charge is 0.459 e. The van der Waals surface area contributed by atoms with Gasteiger partial charge in [-0.25, -0.2) is 4.79 Å². The van der Waals surface area contributed by atoms with Crippen LogP contribution in [0.15, 0.2) is 23.8 Å². The van der Waals surface area contributed by atoms with Crippen molar-refractivity contribution in [1.29, 1.82) is 0 Å². The summed E-state index contributed by atoms with van der Waals surface area (Å²) in [5.74, 6) is -3.91. The summed E-state index contributed by atoms with van der Waals surface area (Å²) in [5.41, 5.74) is -5.78. The smallest absolute Gasteiger partial charge is 0.342 e. The lowest BCUT2D eigenvalue weighted by atomic mass is 9.55. The van der Waals surface area contributed by atoms with E-state index in [4.69, 9.17) is 23.7 Å². The average molecular weight is 523 g/mol. The molecule has 0 amide bonds. The first-order valence-electron chi connectivity index (χ1n) is 12.2. The number of carbonyl (C=O) groups excluding carboxylic acids is 4. The maximum Gasteiger partial charge on any atom is 0.342 e. The Morgan fingerprint density at radius 1 is 1.03 bits per heavy atom. The van der Waals surface area contributed by atoms with Crippen molar-refractivity contribution in [3.05, 3.63) is 23.8 Å². The number of fused-ring (bicyclic) bond motifs is 1. The Labute approximate surface area is 214 Å². The van der Waals surface area contributed by atoms with Gasteiger partial charge in [-0.15, -0.1) is 0 Å². The number of hydrogen-bond donors (Lipinski definition) is 2. The fourth-order valence-electron chi connectivity index (χ4n) is 6.52. The molecule has 11 nitrogen and oxygen atoms in total. The molecule has 2 N–H and O–H groups in total. The third-order valence-corrected chi connectivity index (χ3v) is 8.21. The van der Waals surface area contributed by atoms with E-state index < -0.39 is 82.5 Å². The van der Waals surface area contributed by atoms with Crippen molar-refractivity contribution in [2.75, 3.05) is 0 Å². The third-order valence-electron chi connectivity index (χ3n) is 8.21. The van der Waals surface area contributed by atoms with Crippen LogP contribution in [0.4, 0.5) is 0 Å². The molecule has 0 aromatic rings. The van der Waals surface area contributed by atoms with Crippen LogP contribution in [-0.2, 0) is 42.9 Å². The number of ether oxygens (including phenoxy) is 5. The fraction of sp³-hybridized carbons (Fsp3) is 0.692. The zero-order valence-electron chi connectivity index (χ0n) is 22.0. The molecule has 0 aromatic heterocycles. The van der Waals surface area contributed by atoms with Gasteiger partial charge in [-0.2, -0.15) is 0 Å². The molecule has 204 valence electrons. The molecule has 10 atom stereocenters. The summed E-state index contributed by atoms with van der Waals surface area (Å²) in [6.07, 6.45) is -1.33. The number of rotatable bonds is 3. The van der Waals surface area contributed by atoms with Crippen molar-refractivity contribution < 1.29 is 53.1 Å². The number of aliphatic hydroxyl groups is 2. The Kier molecular flexibility index (Phi) is 6.37. The zero-order chi connectivity index (χ0) is 27.7. The summed E-state index contributed by atoms with van der Waals surface area (Å²) < 4.78 is 28.5. The number of carbonyl (C=O) groups is 4. The maximum absolute atomic E-state index is 12.9. The highest BCUT2D eigenvalue weighted by Crippen LogP contribution is 2.65. The lowest BCUT2D eigenvalue weighted by Crippen LogP contribution is -2.68. The van der Waals surface area contributed by atoms with Crippen LogP contribution in [0.2, 0.25) is 0 Å². The molecule has 4 rings (SSSR count). The van der Waals surface area contributed by atoms with E-state index in [2.05, 4.69) is 0 Å². The average Bonchev–Trinajstić information content (AvgIpc) is 3.34. The predicted molar refractivity (Wildman–Crippen MR) is 125 cm³/mol. The van der Waals surface area contributed by atoms with Gasteiger partial charge in [0.25, 0.3) is 0 Å². The first kappa shape index (κ1) is 27.3. The second-order valence-electron chi connectivity index (χ2n) is 11.1. The molecule has 0 unspecified atom stereocenters. The van der Waals surface area contributed by atoms with E-state index in [1.54, 1.807) is 26.0 Å². The molecule has 4 aliphatic rings. The Bertz CT molecular complexity index is 1090. The van der Waals surface area contributed by atoms with E-state index in [0.29, 0.717) is 5.57 Å². The SMILES string of the molecule is CC(=O)O[C@@H]1C/C(C)=C/[C@@H]2OC(=O)[C@]3(C)O[C@]23[C@@H](OC(C)=O)[C@@H]2[C@](C)(O)[C@H](OC(C)=O)C=C[C@]2(C)[C@@H]1O. The van der Waals surface area contributed by atoms with Crippen LogP contribution >= 0.6 is 0 Å². The molecule has 2 saturated heterocycles. The van der Waals surface area contributed by atoms with Crippen LogP contribution in [0.5, 0.6) is 0 Å². The Hall–Kier alpha value is -2.76. The minimum Gasteiger partial charge on any atom is -0.459 e. The van der Waals surface area contributed by atoms with E-state index in [-0.39, 0.29) is 6.42 Å². The van der Waals surface area contributed by atoms with Gasteiger partial charge in [0, 0.05) is 38.5 Å². The Morgan fingerprint density at radius 3 is 2.16 bits per heavy atom. The summed E-state index contributed by atoms with van der Waals surface area (Å²) in [6.45, 7) is 9.85. The number of epoxide rings is 1. The van der Waals surface area contributed by atoms with Gasteiger partial charge < -0.3 is 33.9 Å². The lowest BCUT2D eigenvalue weighted by Gasteiger charge is -2.55. The predicted octanol–water partition coefficient (Wildman–Crippen LogP) is 0.889. The standard InChI is InChI=1S/C26H34O11/c1-12-10-16(33-13(2)27)20(30)23(5)9-8-17(34-14(3)28)24(6,32)19(23)21(35-15(4)29)26-18(11-12)36-22(31)25(26,7)37-26/h8-9,11,16-21,30,32H,10H2,1-7H3/b12-11+/t16-,17-,18+,19+,20-,21+,23+,24-,25+,26+/m1/s1. The molecule has 2 fully saturated rings. The monoisotopic (exact) mass is 522 g/mol. The quantitative estimate of drug-likeness (QED) is 0.235. The molecule has 0 saturated carbocycles. The van der Waals surface area contributed by atoms with E-state index in [1.807, 2.05) is 0 Å². The molecule has 2 heterocycles. The topological polar surface area (TPSA) is 158 Å². The highest BCUT2D eigenvalue weighted by molar-refractivity contribution is 5.89. The van der Waals surface area contributed by atoms with Crippen molar-refractivity contribution in [2.45, 2.75) is 102 Å². The van der Waals surface area contributed by atoms with Gasteiger partial charge in [0.1, 0.15) is 30.0 Å². The number of hydrogen-bond acceptors (Lipinski definition) is 11. The van der Waals surface area contributed by atoms with Gasteiger partial charge in [-0.05, 0) is 32.9 Å². The van der Waals surface area contributed by atoms with Crippen LogP contribution in [-0.4, -0.2) is 81.4 Å². The molecule has 37 heavy (non-hydrogen) atoms. The van der Waals surface area contributed by atoms with Crippen LogP contribution in [0, 0.1) is 11.3 Å². The molecule has 0 bridgehead atoms. The second-order valence-corrected chi connectivity index (χ2v) is 11.1. The van der Waals surface area contributed by atoms with Crippen LogP contribution < -0.4 is 0 Å². The minimum absolute atomic E-state index is 0.0888. The minimum atomic E-state index is -1.95. The normalized spacial score (nSPS) is 47.7. The molecule has 1 spiro atoms. The highest BCUT2D eigenvalue weighted by atomic mass is 16.7.